The normalized spacial score (nSPS) is 10.0. The van der Waals surface area contributed by atoms with Crippen LogP contribution in [0.15, 0.2) is 72.9 Å². The van der Waals surface area contributed by atoms with Crippen LogP contribution >= 0.6 is 0 Å². The third kappa shape index (κ3) is 5.63. The van der Waals surface area contributed by atoms with Gasteiger partial charge >= 0.3 is 19.5 Å². The van der Waals surface area contributed by atoms with Crippen molar-refractivity contribution in [3.8, 4) is 0 Å². The Kier molecular flexibility index (Phi) is 8.52. The standard InChI is InChI=1S/C18H18N2.Fe.Zn/c1-2-8-16(7-1)13-20(14-17-9-3-4-10-17)15-18-11-5-6-12-19-18;;/h1-12H,13-15H2;;/q-2;;+2. The molecule has 3 aromatic rings. The first-order valence-electron chi connectivity index (χ1n) is 6.93. The summed E-state index contributed by atoms with van der Waals surface area (Å²) in [6, 6.07) is 23.2. The topological polar surface area (TPSA) is 16.1 Å². The van der Waals surface area contributed by atoms with E-state index in [9.17, 15) is 0 Å². The summed E-state index contributed by atoms with van der Waals surface area (Å²) in [5.41, 5.74) is 3.82. The Balaban J connectivity index is 0.00000121. The zero-order valence-electron chi connectivity index (χ0n) is 12.5. The molecule has 0 N–H and O–H groups in total. The zero-order chi connectivity index (χ0) is 13.6. The van der Waals surface area contributed by atoms with Crippen LogP contribution in [0, 0.1) is 0 Å². The van der Waals surface area contributed by atoms with Crippen LogP contribution in [-0.2, 0) is 56.2 Å². The molecule has 1 aromatic heterocycles. The van der Waals surface area contributed by atoms with Crippen LogP contribution in [-0.4, -0.2) is 9.88 Å². The smallest absolute Gasteiger partial charge is 0.303 e. The molecule has 0 radical (unpaired) electrons. The Bertz CT molecular complexity index is 570. The molecule has 2 aromatic carbocycles. The number of rotatable bonds is 6. The van der Waals surface area contributed by atoms with E-state index in [4.69, 9.17) is 0 Å². The molecule has 3 rings (SSSR count). The monoisotopic (exact) mass is 382 g/mol. The summed E-state index contributed by atoms with van der Waals surface area (Å²) >= 11 is 0. The van der Waals surface area contributed by atoms with E-state index in [1.165, 1.54) is 11.1 Å². The Hall–Kier alpha value is -1.05. The number of nitrogens with zero attached hydrogens (tertiary/aromatic N) is 2. The third-order valence-corrected chi connectivity index (χ3v) is 3.39. The predicted octanol–water partition coefficient (Wildman–Crippen LogP) is 3.72. The van der Waals surface area contributed by atoms with Gasteiger partial charge in [-0.05, 0) is 25.2 Å². The van der Waals surface area contributed by atoms with Gasteiger partial charge in [0.25, 0.3) is 0 Å². The van der Waals surface area contributed by atoms with Crippen LogP contribution < -0.4 is 0 Å². The third-order valence-electron chi connectivity index (χ3n) is 3.39. The first kappa shape index (κ1) is 19.0. The Morgan fingerprint density at radius 3 is 2.50 bits per heavy atom. The summed E-state index contributed by atoms with van der Waals surface area (Å²) in [4.78, 5) is 6.86. The largest absolute Gasteiger partial charge is 2.00 e. The van der Waals surface area contributed by atoms with Gasteiger partial charge in [0.1, 0.15) is 0 Å². The molecule has 22 heavy (non-hydrogen) atoms. The van der Waals surface area contributed by atoms with Crippen LogP contribution in [0.25, 0.3) is 0 Å². The van der Waals surface area contributed by atoms with Gasteiger partial charge in [-0.3, -0.25) is 4.98 Å². The molecule has 0 saturated heterocycles. The van der Waals surface area contributed by atoms with Crippen molar-refractivity contribution in [2.24, 2.45) is 0 Å². The van der Waals surface area contributed by atoms with Crippen LogP contribution in [0.2, 0.25) is 0 Å². The molecule has 1 heterocycles. The van der Waals surface area contributed by atoms with Gasteiger partial charge in [0.05, 0.1) is 5.69 Å². The average Bonchev–Trinajstić information content (AvgIpc) is 3.13. The maximum absolute atomic E-state index is 4.44. The first-order chi connectivity index (χ1) is 9.90. The Labute approximate surface area is 155 Å². The van der Waals surface area contributed by atoms with Gasteiger partial charge in [0, 0.05) is 29.8 Å². The van der Waals surface area contributed by atoms with E-state index in [1.807, 2.05) is 18.3 Å². The van der Waals surface area contributed by atoms with Crippen LogP contribution in [0.5, 0.6) is 0 Å². The fraction of sp³-hybridized carbons (Fsp3) is 0.167. The second kappa shape index (κ2) is 9.87. The van der Waals surface area contributed by atoms with E-state index in [-0.39, 0.29) is 36.5 Å². The summed E-state index contributed by atoms with van der Waals surface area (Å²) in [6.45, 7) is 2.78. The molecule has 0 aliphatic carbocycles. The van der Waals surface area contributed by atoms with E-state index in [0.717, 1.165) is 25.3 Å². The van der Waals surface area contributed by atoms with Crippen molar-refractivity contribution in [3.05, 3.63) is 89.7 Å². The van der Waals surface area contributed by atoms with Gasteiger partial charge in [0.15, 0.2) is 0 Å². The van der Waals surface area contributed by atoms with Gasteiger partial charge in [0.2, 0.25) is 0 Å². The molecule has 0 saturated carbocycles. The average molecular weight is 384 g/mol. The number of hydrogen-bond acceptors (Lipinski definition) is 2. The molecule has 4 heteroatoms. The molecule has 0 aliphatic rings. The summed E-state index contributed by atoms with van der Waals surface area (Å²) in [6.07, 6.45) is 1.86. The second-order valence-corrected chi connectivity index (χ2v) is 5.05. The SMILES string of the molecule is [Fe].[Zn+2].c1ccc(CN(Cc2cc[cH-]c2)Cc2ccc[cH-]2)nc1. The molecule has 0 bridgehead atoms. The van der Waals surface area contributed by atoms with Gasteiger partial charge in [-0.2, -0.15) is 41.5 Å². The van der Waals surface area contributed by atoms with Gasteiger partial charge in [-0.1, -0.05) is 6.07 Å². The van der Waals surface area contributed by atoms with Crippen molar-refractivity contribution in [3.63, 3.8) is 0 Å². The molecule has 0 spiro atoms. The Morgan fingerprint density at radius 1 is 0.955 bits per heavy atom. The van der Waals surface area contributed by atoms with Crippen molar-refractivity contribution < 1.29 is 36.5 Å². The molecule has 0 unspecified atom stereocenters. The minimum absolute atomic E-state index is 0. The van der Waals surface area contributed by atoms with Crippen molar-refractivity contribution in [2.75, 3.05) is 0 Å². The first-order valence-corrected chi connectivity index (χ1v) is 6.93. The molecule has 0 fully saturated rings. The molecule has 2 nitrogen and oxygen atoms in total. The number of pyridine rings is 1. The fourth-order valence-electron chi connectivity index (χ4n) is 2.44. The molecule has 0 atom stereocenters. The van der Waals surface area contributed by atoms with Crippen LogP contribution in [0.3, 0.4) is 0 Å². The van der Waals surface area contributed by atoms with E-state index < -0.39 is 0 Å². The summed E-state index contributed by atoms with van der Waals surface area (Å²) in [5.74, 6) is 0. The second-order valence-electron chi connectivity index (χ2n) is 5.05. The van der Waals surface area contributed by atoms with Gasteiger partial charge in [-0.15, -0.1) is 0 Å². The molecule has 0 aliphatic heterocycles. The van der Waals surface area contributed by atoms with Crippen LogP contribution in [0.4, 0.5) is 0 Å². The van der Waals surface area contributed by atoms with E-state index in [0.29, 0.717) is 0 Å². The maximum Gasteiger partial charge on any atom is 2.00 e. The maximum atomic E-state index is 4.44. The van der Waals surface area contributed by atoms with Gasteiger partial charge < -0.3 is 4.90 Å². The minimum atomic E-state index is 0. The molecule has 0 amide bonds. The predicted molar refractivity (Wildman–Crippen MR) is 81.3 cm³/mol. The quantitative estimate of drug-likeness (QED) is 0.476. The molecular formula is C18H18FeN2Zn. The molecular weight excluding hydrogens is 365 g/mol. The van der Waals surface area contributed by atoms with Gasteiger partial charge in [-0.25, -0.2) is 18.2 Å². The number of hydrogen-bond donors (Lipinski definition) is 0. The van der Waals surface area contributed by atoms with E-state index in [1.54, 1.807) is 0 Å². The van der Waals surface area contributed by atoms with Crippen molar-refractivity contribution >= 4 is 0 Å². The van der Waals surface area contributed by atoms with Crippen LogP contribution in [0.1, 0.15) is 16.8 Å². The summed E-state index contributed by atoms with van der Waals surface area (Å²) in [5, 5.41) is 0. The Morgan fingerprint density at radius 2 is 1.86 bits per heavy atom. The number of aromatic nitrogens is 1. The van der Waals surface area contributed by atoms with E-state index >= 15 is 0 Å². The summed E-state index contributed by atoms with van der Waals surface area (Å²) in [7, 11) is 0. The van der Waals surface area contributed by atoms with Crippen molar-refractivity contribution in [1.29, 1.82) is 0 Å². The van der Waals surface area contributed by atoms with E-state index in [2.05, 4.69) is 64.5 Å². The van der Waals surface area contributed by atoms with Crippen molar-refractivity contribution in [2.45, 2.75) is 19.6 Å². The fourth-order valence-corrected chi connectivity index (χ4v) is 2.44. The minimum Gasteiger partial charge on any atom is -0.303 e. The van der Waals surface area contributed by atoms with Crippen molar-refractivity contribution in [1.82, 2.24) is 9.88 Å². The molecule has 110 valence electrons. The summed E-state index contributed by atoms with van der Waals surface area (Å²) < 4.78 is 0. The zero-order valence-corrected chi connectivity index (χ0v) is 16.6.